The summed E-state index contributed by atoms with van der Waals surface area (Å²) < 4.78 is 2.05. The van der Waals surface area contributed by atoms with E-state index in [4.69, 9.17) is 11.6 Å². The molecule has 21 heavy (non-hydrogen) atoms. The lowest BCUT2D eigenvalue weighted by Gasteiger charge is -2.18. The average Bonchev–Trinajstić information content (AvgIpc) is 3.12. The zero-order chi connectivity index (χ0) is 15.2. The Morgan fingerprint density at radius 1 is 1.38 bits per heavy atom. The van der Waals surface area contributed by atoms with Crippen LogP contribution in [0.15, 0.2) is 16.8 Å². The van der Waals surface area contributed by atoms with Gasteiger partial charge in [-0.1, -0.05) is 25.4 Å². The minimum absolute atomic E-state index is 0.306. The Morgan fingerprint density at radius 3 is 2.76 bits per heavy atom. The van der Waals surface area contributed by atoms with Gasteiger partial charge in [0.25, 0.3) is 0 Å². The molecule has 116 valence electrons. The van der Waals surface area contributed by atoms with Crippen LogP contribution >= 0.6 is 22.9 Å². The highest BCUT2D eigenvalue weighted by Crippen LogP contribution is 2.27. The van der Waals surface area contributed by atoms with E-state index in [0.717, 1.165) is 48.8 Å². The van der Waals surface area contributed by atoms with Crippen LogP contribution in [0.5, 0.6) is 0 Å². The molecule has 0 aliphatic heterocycles. The number of nitrogens with zero attached hydrogens (tertiary/aromatic N) is 2. The Bertz CT molecular complexity index is 548. The summed E-state index contributed by atoms with van der Waals surface area (Å²) in [5.41, 5.74) is 3.50. The van der Waals surface area contributed by atoms with Crippen molar-refractivity contribution in [1.29, 1.82) is 0 Å². The Hall–Kier alpha value is -0.840. The van der Waals surface area contributed by atoms with Crippen LogP contribution in [0.2, 0.25) is 5.02 Å². The summed E-state index contributed by atoms with van der Waals surface area (Å²) in [7, 11) is 0. The summed E-state index contributed by atoms with van der Waals surface area (Å²) in [5, 5.41) is 13.4. The summed E-state index contributed by atoms with van der Waals surface area (Å²) in [5.74, 6) is 0. The molecule has 1 atom stereocenters. The second kappa shape index (κ2) is 7.97. The smallest absolute Gasteiger partial charge is 0.0850 e. The summed E-state index contributed by atoms with van der Waals surface area (Å²) >= 11 is 8.28. The summed E-state index contributed by atoms with van der Waals surface area (Å²) in [6.07, 6.45) is 2.89. The van der Waals surface area contributed by atoms with E-state index in [1.165, 1.54) is 5.56 Å². The molecule has 0 bridgehead atoms. The van der Waals surface area contributed by atoms with E-state index in [1.54, 1.807) is 11.3 Å². The van der Waals surface area contributed by atoms with E-state index in [1.807, 2.05) is 4.68 Å². The number of rotatable bonds is 8. The maximum Gasteiger partial charge on any atom is 0.0850 e. The fourth-order valence-corrected chi connectivity index (χ4v) is 3.57. The predicted octanol–water partition coefficient (Wildman–Crippen LogP) is 4.46. The molecule has 2 rings (SSSR count). The highest BCUT2D eigenvalue weighted by atomic mass is 35.5. The quantitative estimate of drug-likeness (QED) is 0.776. The SMILES string of the molecule is CCCNC(Cc1c(Cl)c(CC)nn1CC)c1ccsc1. The fraction of sp³-hybridized carbons (Fsp3) is 0.562. The van der Waals surface area contributed by atoms with Gasteiger partial charge in [0.15, 0.2) is 0 Å². The second-order valence-electron chi connectivity index (χ2n) is 5.14. The van der Waals surface area contributed by atoms with Crippen molar-refractivity contribution < 1.29 is 0 Å². The number of hydrogen-bond acceptors (Lipinski definition) is 3. The zero-order valence-electron chi connectivity index (χ0n) is 13.0. The first kappa shape index (κ1) is 16.5. The number of aryl methyl sites for hydroxylation is 2. The molecule has 0 aromatic carbocycles. The molecule has 0 aliphatic rings. The van der Waals surface area contributed by atoms with Crippen LogP contribution in [0.4, 0.5) is 0 Å². The molecular weight excluding hydrogens is 302 g/mol. The van der Waals surface area contributed by atoms with Crippen molar-refractivity contribution in [3.8, 4) is 0 Å². The average molecular weight is 326 g/mol. The van der Waals surface area contributed by atoms with Crippen LogP contribution in [-0.4, -0.2) is 16.3 Å². The van der Waals surface area contributed by atoms with Crippen LogP contribution in [-0.2, 0) is 19.4 Å². The van der Waals surface area contributed by atoms with Gasteiger partial charge in [-0.15, -0.1) is 0 Å². The van der Waals surface area contributed by atoms with E-state index in [-0.39, 0.29) is 0 Å². The minimum atomic E-state index is 0.306. The van der Waals surface area contributed by atoms with Crippen molar-refractivity contribution >= 4 is 22.9 Å². The van der Waals surface area contributed by atoms with E-state index in [2.05, 4.69) is 48.0 Å². The van der Waals surface area contributed by atoms with Gasteiger partial charge < -0.3 is 5.32 Å². The topological polar surface area (TPSA) is 29.9 Å². The fourth-order valence-electron chi connectivity index (χ4n) is 2.51. The van der Waals surface area contributed by atoms with Gasteiger partial charge in [-0.3, -0.25) is 4.68 Å². The molecule has 0 aliphatic carbocycles. The van der Waals surface area contributed by atoms with Crippen LogP contribution in [0, 0.1) is 0 Å². The van der Waals surface area contributed by atoms with Gasteiger partial charge in [0.1, 0.15) is 0 Å². The summed E-state index contributed by atoms with van der Waals surface area (Å²) in [6, 6.07) is 2.50. The van der Waals surface area contributed by atoms with Gasteiger partial charge >= 0.3 is 0 Å². The highest BCUT2D eigenvalue weighted by molar-refractivity contribution is 7.07. The summed E-state index contributed by atoms with van der Waals surface area (Å²) in [4.78, 5) is 0. The molecule has 0 amide bonds. The lowest BCUT2D eigenvalue weighted by molar-refractivity contribution is 0.503. The van der Waals surface area contributed by atoms with E-state index in [0.29, 0.717) is 6.04 Å². The van der Waals surface area contributed by atoms with Gasteiger partial charge in [-0.05, 0) is 48.7 Å². The van der Waals surface area contributed by atoms with Crippen molar-refractivity contribution in [2.24, 2.45) is 0 Å². The molecule has 1 N–H and O–H groups in total. The first-order chi connectivity index (χ1) is 10.2. The van der Waals surface area contributed by atoms with E-state index in [9.17, 15) is 0 Å². The first-order valence-electron chi connectivity index (χ1n) is 7.70. The van der Waals surface area contributed by atoms with Gasteiger partial charge in [0.05, 0.1) is 16.4 Å². The molecule has 2 heterocycles. The number of aromatic nitrogens is 2. The van der Waals surface area contributed by atoms with E-state index >= 15 is 0 Å². The third kappa shape index (κ3) is 3.87. The van der Waals surface area contributed by atoms with Crippen molar-refractivity contribution in [2.75, 3.05) is 6.54 Å². The van der Waals surface area contributed by atoms with Gasteiger partial charge in [0, 0.05) is 19.0 Å². The maximum absolute atomic E-state index is 6.54. The number of thiophene rings is 1. The largest absolute Gasteiger partial charge is 0.310 e. The van der Waals surface area contributed by atoms with Crippen LogP contribution in [0.3, 0.4) is 0 Å². The molecule has 2 aromatic rings. The Kier molecular flexibility index (Phi) is 6.27. The lowest BCUT2D eigenvalue weighted by Crippen LogP contribution is -2.24. The Labute approximate surface area is 136 Å². The van der Waals surface area contributed by atoms with Crippen molar-refractivity contribution in [1.82, 2.24) is 15.1 Å². The molecule has 5 heteroatoms. The van der Waals surface area contributed by atoms with Crippen LogP contribution in [0.25, 0.3) is 0 Å². The summed E-state index contributed by atoms with van der Waals surface area (Å²) in [6.45, 7) is 8.28. The molecule has 0 saturated carbocycles. The predicted molar refractivity (Wildman–Crippen MR) is 91.3 cm³/mol. The molecular formula is C16H24ClN3S. The normalized spacial score (nSPS) is 12.8. The molecule has 0 radical (unpaired) electrons. The molecule has 3 nitrogen and oxygen atoms in total. The van der Waals surface area contributed by atoms with Gasteiger partial charge in [-0.25, -0.2) is 0 Å². The molecule has 2 aromatic heterocycles. The number of hydrogen-bond donors (Lipinski definition) is 1. The lowest BCUT2D eigenvalue weighted by atomic mass is 10.0. The minimum Gasteiger partial charge on any atom is -0.310 e. The first-order valence-corrected chi connectivity index (χ1v) is 9.02. The monoisotopic (exact) mass is 325 g/mol. The maximum atomic E-state index is 6.54. The van der Waals surface area contributed by atoms with Crippen molar-refractivity contribution in [2.45, 2.75) is 52.6 Å². The van der Waals surface area contributed by atoms with Crippen molar-refractivity contribution in [3.63, 3.8) is 0 Å². The third-order valence-electron chi connectivity index (χ3n) is 3.68. The highest BCUT2D eigenvalue weighted by Gasteiger charge is 2.20. The Balaban J connectivity index is 2.25. The van der Waals surface area contributed by atoms with Gasteiger partial charge in [0.2, 0.25) is 0 Å². The van der Waals surface area contributed by atoms with Crippen LogP contribution < -0.4 is 5.32 Å². The second-order valence-corrected chi connectivity index (χ2v) is 6.30. The zero-order valence-corrected chi connectivity index (χ0v) is 14.6. The molecule has 0 fully saturated rings. The molecule has 0 saturated heterocycles. The third-order valence-corrected chi connectivity index (χ3v) is 4.82. The van der Waals surface area contributed by atoms with E-state index < -0.39 is 0 Å². The van der Waals surface area contributed by atoms with Crippen LogP contribution in [0.1, 0.15) is 50.2 Å². The number of halogens is 1. The number of nitrogens with one attached hydrogen (secondary N) is 1. The van der Waals surface area contributed by atoms with Gasteiger partial charge in [-0.2, -0.15) is 16.4 Å². The molecule has 0 spiro atoms. The van der Waals surface area contributed by atoms with Crippen molar-refractivity contribution in [3.05, 3.63) is 38.8 Å². The Morgan fingerprint density at radius 2 is 2.19 bits per heavy atom. The standard InChI is InChI=1S/C16H24ClN3S/c1-4-8-18-14(12-7-9-21-11-12)10-15-16(17)13(5-2)19-20(15)6-3/h7,9,11,14,18H,4-6,8,10H2,1-3H3. The molecule has 1 unspecified atom stereocenters.